The van der Waals surface area contributed by atoms with Crippen molar-refractivity contribution in [3.63, 3.8) is 0 Å². The molecule has 92 valence electrons. The maximum Gasteiger partial charge on any atom is 0.226 e. The first kappa shape index (κ1) is 10.7. The summed E-state index contributed by atoms with van der Waals surface area (Å²) in [6.07, 6.45) is 2.67. The fraction of sp³-hybridized carbons (Fsp3) is 0.0909. The topological polar surface area (TPSA) is 86.0 Å². The molecule has 3 rings (SSSR count). The van der Waals surface area contributed by atoms with Crippen molar-refractivity contribution >= 4 is 17.8 Å². The molecular weight excluding hydrogens is 235 g/mol. The zero-order valence-electron chi connectivity index (χ0n) is 9.36. The molecule has 0 saturated heterocycles. The number of hydrogen-bond donors (Lipinski definition) is 2. The smallest absolute Gasteiger partial charge is 0.226 e. The summed E-state index contributed by atoms with van der Waals surface area (Å²) in [6, 6.07) is 6.39. The molecule has 0 fully saturated rings. The highest BCUT2D eigenvalue weighted by molar-refractivity contribution is 5.57. The van der Waals surface area contributed by atoms with Crippen molar-refractivity contribution in [1.82, 2.24) is 14.8 Å². The van der Waals surface area contributed by atoms with Crippen molar-refractivity contribution in [2.75, 3.05) is 10.6 Å². The number of aromatic nitrogens is 3. The first-order chi connectivity index (χ1) is 8.68. The summed E-state index contributed by atoms with van der Waals surface area (Å²) in [5.41, 5.74) is 12.0. The van der Waals surface area contributed by atoms with Crippen molar-refractivity contribution in [3.05, 3.63) is 42.1 Å². The van der Waals surface area contributed by atoms with Gasteiger partial charge < -0.3 is 16.4 Å². The van der Waals surface area contributed by atoms with E-state index in [1.807, 2.05) is 0 Å². The summed E-state index contributed by atoms with van der Waals surface area (Å²) < 4.78 is 15.3. The van der Waals surface area contributed by atoms with Gasteiger partial charge in [0.2, 0.25) is 5.95 Å². The van der Waals surface area contributed by atoms with E-state index in [1.54, 1.807) is 40.1 Å². The monoisotopic (exact) mass is 246 g/mol. The van der Waals surface area contributed by atoms with Crippen molar-refractivity contribution in [1.29, 1.82) is 0 Å². The van der Waals surface area contributed by atoms with Crippen LogP contribution in [0.25, 0.3) is 6.20 Å². The van der Waals surface area contributed by atoms with Gasteiger partial charge in [0.05, 0.1) is 5.69 Å². The summed E-state index contributed by atoms with van der Waals surface area (Å²) in [6.45, 7) is 0. The second kappa shape index (κ2) is 3.81. The Hall–Kier alpha value is -2.41. The standard InChI is InChI=1S/C11H11FN6/c12-7-3-1-2-4-8(7)17-5-6-18-10(9(17)13)15-16-11(18)14/h1-6,9H,13H2,(H2,14,16). The lowest BCUT2D eigenvalue weighted by atomic mass is 10.2. The normalized spacial score (nSPS) is 17.9. The molecule has 6 nitrogen and oxygen atoms in total. The van der Waals surface area contributed by atoms with Crippen LogP contribution >= 0.6 is 0 Å². The Labute approximate surface area is 102 Å². The number of anilines is 2. The van der Waals surface area contributed by atoms with Crippen LogP contribution < -0.4 is 16.4 Å². The predicted octanol–water partition coefficient (Wildman–Crippen LogP) is 0.905. The summed E-state index contributed by atoms with van der Waals surface area (Å²) in [7, 11) is 0. The van der Waals surface area contributed by atoms with Crippen LogP contribution in [0.3, 0.4) is 0 Å². The van der Waals surface area contributed by atoms with Gasteiger partial charge in [0.1, 0.15) is 12.0 Å². The number of nitrogens with zero attached hydrogens (tertiary/aromatic N) is 4. The molecule has 2 aromatic rings. The molecule has 1 atom stereocenters. The Balaban J connectivity index is 2.06. The molecule has 18 heavy (non-hydrogen) atoms. The quantitative estimate of drug-likeness (QED) is 0.781. The Morgan fingerprint density at radius 2 is 1.94 bits per heavy atom. The minimum Gasteiger partial charge on any atom is -0.368 e. The Kier molecular flexibility index (Phi) is 2.27. The van der Waals surface area contributed by atoms with E-state index in [9.17, 15) is 4.39 Å². The first-order valence-electron chi connectivity index (χ1n) is 5.35. The van der Waals surface area contributed by atoms with Gasteiger partial charge >= 0.3 is 0 Å². The molecule has 0 bridgehead atoms. The molecule has 4 N–H and O–H groups in total. The molecule has 1 aromatic heterocycles. The van der Waals surface area contributed by atoms with Crippen LogP contribution in [-0.2, 0) is 0 Å². The molecule has 1 aliphatic heterocycles. The lowest BCUT2D eigenvalue weighted by molar-refractivity contribution is 0.597. The third-order valence-electron chi connectivity index (χ3n) is 2.82. The molecule has 1 unspecified atom stereocenters. The molecule has 0 spiro atoms. The fourth-order valence-corrected chi connectivity index (χ4v) is 1.92. The van der Waals surface area contributed by atoms with E-state index < -0.39 is 6.17 Å². The second-order valence-corrected chi connectivity index (χ2v) is 3.89. The van der Waals surface area contributed by atoms with Gasteiger partial charge in [-0.3, -0.25) is 4.57 Å². The molecule has 2 heterocycles. The highest BCUT2D eigenvalue weighted by atomic mass is 19.1. The lowest BCUT2D eigenvalue weighted by Crippen LogP contribution is -2.35. The highest BCUT2D eigenvalue weighted by Crippen LogP contribution is 2.29. The summed E-state index contributed by atoms with van der Waals surface area (Å²) in [5, 5.41) is 7.63. The van der Waals surface area contributed by atoms with Crippen molar-refractivity contribution in [3.8, 4) is 0 Å². The molecule has 0 saturated carbocycles. The number of benzene rings is 1. The molecule has 0 amide bonds. The molecule has 1 aliphatic rings. The predicted molar refractivity (Wildman–Crippen MR) is 65.6 cm³/mol. The molecule has 1 aromatic carbocycles. The maximum absolute atomic E-state index is 13.7. The van der Waals surface area contributed by atoms with Crippen LogP contribution in [0.4, 0.5) is 16.0 Å². The van der Waals surface area contributed by atoms with Gasteiger partial charge in [-0.05, 0) is 12.1 Å². The first-order valence-corrected chi connectivity index (χ1v) is 5.35. The van der Waals surface area contributed by atoms with Gasteiger partial charge in [-0.2, -0.15) is 0 Å². The average molecular weight is 246 g/mol. The minimum atomic E-state index is -0.628. The fourth-order valence-electron chi connectivity index (χ4n) is 1.92. The third-order valence-corrected chi connectivity index (χ3v) is 2.82. The van der Waals surface area contributed by atoms with Gasteiger partial charge in [-0.1, -0.05) is 12.1 Å². The average Bonchev–Trinajstić information content (AvgIpc) is 2.74. The molecule has 7 heteroatoms. The second-order valence-electron chi connectivity index (χ2n) is 3.89. The largest absolute Gasteiger partial charge is 0.368 e. The summed E-state index contributed by atoms with van der Waals surface area (Å²) in [5.74, 6) is 0.377. The zero-order valence-corrected chi connectivity index (χ0v) is 9.36. The maximum atomic E-state index is 13.7. The van der Waals surface area contributed by atoms with E-state index in [0.717, 1.165) is 0 Å². The van der Waals surface area contributed by atoms with Crippen LogP contribution in [0.15, 0.2) is 30.5 Å². The summed E-state index contributed by atoms with van der Waals surface area (Å²) >= 11 is 0. The molecule has 0 radical (unpaired) electrons. The number of rotatable bonds is 1. The van der Waals surface area contributed by atoms with E-state index in [4.69, 9.17) is 11.5 Å². The van der Waals surface area contributed by atoms with E-state index in [0.29, 0.717) is 11.5 Å². The van der Waals surface area contributed by atoms with E-state index in [1.165, 1.54) is 6.07 Å². The number of halogens is 1. The van der Waals surface area contributed by atoms with Crippen LogP contribution in [0.2, 0.25) is 0 Å². The van der Waals surface area contributed by atoms with Crippen molar-refractivity contribution in [2.24, 2.45) is 5.73 Å². The Bertz CT molecular complexity index is 620. The van der Waals surface area contributed by atoms with Crippen molar-refractivity contribution < 1.29 is 4.39 Å². The van der Waals surface area contributed by atoms with E-state index in [2.05, 4.69) is 10.2 Å². The Morgan fingerprint density at radius 3 is 2.72 bits per heavy atom. The highest BCUT2D eigenvalue weighted by Gasteiger charge is 2.26. The van der Waals surface area contributed by atoms with Crippen LogP contribution in [0.5, 0.6) is 0 Å². The van der Waals surface area contributed by atoms with Gasteiger partial charge in [0, 0.05) is 12.4 Å². The van der Waals surface area contributed by atoms with Gasteiger partial charge in [0.15, 0.2) is 5.82 Å². The SMILES string of the molecule is Nc1nnc2n1C=CN(c1ccccc1F)C2N. The lowest BCUT2D eigenvalue weighted by Gasteiger charge is -2.30. The van der Waals surface area contributed by atoms with E-state index >= 15 is 0 Å². The van der Waals surface area contributed by atoms with Crippen LogP contribution in [0.1, 0.15) is 12.0 Å². The number of fused-ring (bicyclic) bond motifs is 1. The van der Waals surface area contributed by atoms with Gasteiger partial charge in [-0.25, -0.2) is 4.39 Å². The molecular formula is C11H11FN6. The van der Waals surface area contributed by atoms with E-state index in [-0.39, 0.29) is 11.8 Å². The van der Waals surface area contributed by atoms with Crippen LogP contribution in [0, 0.1) is 5.82 Å². The van der Waals surface area contributed by atoms with Crippen LogP contribution in [-0.4, -0.2) is 14.8 Å². The Morgan fingerprint density at radius 1 is 1.17 bits per heavy atom. The molecule has 0 aliphatic carbocycles. The number of para-hydroxylation sites is 1. The number of hydrogen-bond acceptors (Lipinski definition) is 5. The number of nitrogen functional groups attached to an aromatic ring is 1. The zero-order chi connectivity index (χ0) is 12.7. The van der Waals surface area contributed by atoms with Crippen molar-refractivity contribution in [2.45, 2.75) is 6.17 Å². The van der Waals surface area contributed by atoms with Gasteiger partial charge in [-0.15, -0.1) is 10.2 Å². The summed E-state index contributed by atoms with van der Waals surface area (Å²) in [4.78, 5) is 1.58. The third kappa shape index (κ3) is 1.45. The number of nitrogens with two attached hydrogens (primary N) is 2. The minimum absolute atomic E-state index is 0.255. The van der Waals surface area contributed by atoms with Gasteiger partial charge in [0.25, 0.3) is 0 Å².